The van der Waals surface area contributed by atoms with Gasteiger partial charge in [0.05, 0.1) is 6.61 Å². The molecule has 0 aromatic carbocycles. The Labute approximate surface area is 113 Å². The molecule has 1 rings (SSSR count). The molecule has 0 unspecified atom stereocenters. The minimum absolute atomic E-state index is 0.0728. The van der Waals surface area contributed by atoms with Crippen molar-refractivity contribution in [3.8, 4) is 0 Å². The molecule has 0 aromatic rings. The second-order valence-corrected chi connectivity index (χ2v) is 4.90. The van der Waals surface area contributed by atoms with Gasteiger partial charge < -0.3 is 4.74 Å². The van der Waals surface area contributed by atoms with Crippen LogP contribution in [0.2, 0.25) is 0 Å². The molecule has 0 spiro atoms. The first-order chi connectivity index (χ1) is 8.92. The van der Waals surface area contributed by atoms with E-state index in [9.17, 15) is 14.4 Å². The van der Waals surface area contributed by atoms with Gasteiger partial charge in [-0.3, -0.25) is 14.4 Å². The molecule has 0 N–H and O–H groups in total. The van der Waals surface area contributed by atoms with Crippen LogP contribution in [0.1, 0.15) is 40.0 Å². The first kappa shape index (κ1) is 15.3. The van der Waals surface area contributed by atoms with Gasteiger partial charge in [-0.05, 0) is 45.3 Å². The molecule has 0 radical (unpaired) electrons. The Hall–Kier alpha value is -1.71. The summed E-state index contributed by atoms with van der Waals surface area (Å²) in [5.41, 5.74) is 1.89. The summed E-state index contributed by atoms with van der Waals surface area (Å²) in [6.45, 7) is 5.72. The maximum atomic E-state index is 11.7. The van der Waals surface area contributed by atoms with E-state index in [0.29, 0.717) is 6.42 Å². The number of hydrogen-bond donors (Lipinski definition) is 0. The van der Waals surface area contributed by atoms with Gasteiger partial charge >= 0.3 is 5.97 Å². The first-order valence-electron chi connectivity index (χ1n) is 6.49. The number of esters is 1. The van der Waals surface area contributed by atoms with Crippen LogP contribution < -0.4 is 0 Å². The van der Waals surface area contributed by atoms with Crippen molar-refractivity contribution in [3.05, 3.63) is 23.3 Å². The van der Waals surface area contributed by atoms with Crippen molar-refractivity contribution < 1.29 is 19.1 Å². The van der Waals surface area contributed by atoms with Crippen molar-refractivity contribution in [2.45, 2.75) is 40.0 Å². The second kappa shape index (κ2) is 7.02. The average Bonchev–Trinajstić information content (AvgIpc) is 2.27. The van der Waals surface area contributed by atoms with Crippen LogP contribution in [0.15, 0.2) is 23.3 Å². The largest absolute Gasteiger partial charge is 0.466 e. The highest BCUT2D eigenvalue weighted by atomic mass is 16.5. The van der Waals surface area contributed by atoms with Gasteiger partial charge in [-0.15, -0.1) is 0 Å². The monoisotopic (exact) mass is 264 g/mol. The van der Waals surface area contributed by atoms with Gasteiger partial charge in [0.1, 0.15) is 6.42 Å². The number of ether oxygens (including phenoxy) is 1. The highest BCUT2D eigenvalue weighted by Gasteiger charge is 2.20. The van der Waals surface area contributed by atoms with E-state index in [2.05, 4.69) is 0 Å². The summed E-state index contributed by atoms with van der Waals surface area (Å²) in [6, 6.07) is 0. The summed E-state index contributed by atoms with van der Waals surface area (Å²) >= 11 is 0. The van der Waals surface area contributed by atoms with Gasteiger partial charge in [0.2, 0.25) is 0 Å². The fraction of sp³-hybridized carbons (Fsp3) is 0.533. The van der Waals surface area contributed by atoms with Crippen molar-refractivity contribution in [1.29, 1.82) is 0 Å². The molecule has 0 bridgehead atoms. The molecule has 4 heteroatoms. The average molecular weight is 264 g/mol. The maximum absolute atomic E-state index is 11.7. The van der Waals surface area contributed by atoms with E-state index in [-0.39, 0.29) is 30.5 Å². The molecule has 0 fully saturated rings. The number of rotatable bonds is 5. The quantitative estimate of drug-likeness (QED) is 0.434. The number of ketones is 2. The van der Waals surface area contributed by atoms with Crippen LogP contribution in [-0.2, 0) is 19.1 Å². The molecule has 0 heterocycles. The normalized spacial score (nSPS) is 19.9. The van der Waals surface area contributed by atoms with Crippen LogP contribution in [0.5, 0.6) is 0 Å². The molecule has 0 aliphatic heterocycles. The Balaban J connectivity index is 2.61. The number of carbonyl (C=O) groups excluding carboxylic acids is 3. The fourth-order valence-electron chi connectivity index (χ4n) is 2.20. The highest BCUT2D eigenvalue weighted by molar-refractivity contribution is 6.02. The van der Waals surface area contributed by atoms with Crippen LogP contribution >= 0.6 is 0 Å². The lowest BCUT2D eigenvalue weighted by atomic mass is 9.83. The Bertz CT molecular complexity index is 443. The minimum atomic E-state index is -0.507. The van der Waals surface area contributed by atoms with Crippen molar-refractivity contribution in [3.63, 3.8) is 0 Å². The molecule has 1 aliphatic carbocycles. The van der Waals surface area contributed by atoms with Gasteiger partial charge in [-0.1, -0.05) is 11.1 Å². The van der Waals surface area contributed by atoms with E-state index in [0.717, 1.165) is 17.6 Å². The van der Waals surface area contributed by atoms with Crippen LogP contribution in [0.4, 0.5) is 0 Å². The summed E-state index contributed by atoms with van der Waals surface area (Å²) in [5, 5.41) is 0. The van der Waals surface area contributed by atoms with Crippen molar-refractivity contribution in [2.75, 3.05) is 6.61 Å². The molecule has 4 nitrogen and oxygen atoms in total. The Morgan fingerprint density at radius 1 is 1.42 bits per heavy atom. The van der Waals surface area contributed by atoms with E-state index in [1.807, 2.05) is 13.8 Å². The summed E-state index contributed by atoms with van der Waals surface area (Å²) in [7, 11) is 0. The molecule has 0 amide bonds. The number of allylic oxidation sites excluding steroid dienone is 4. The molecule has 19 heavy (non-hydrogen) atoms. The molecule has 104 valence electrons. The van der Waals surface area contributed by atoms with Crippen LogP contribution in [0, 0.1) is 5.92 Å². The smallest absolute Gasteiger partial charge is 0.313 e. The molecule has 0 aromatic heterocycles. The lowest BCUT2D eigenvalue weighted by molar-refractivity contribution is -0.144. The number of hydrogen-bond acceptors (Lipinski definition) is 4. The third kappa shape index (κ3) is 5.20. The SMILES string of the molecule is CCOC(=O)CC(=O)/C=C(\C)[C@H]1CC(=O)C=C(C)C1. The van der Waals surface area contributed by atoms with Gasteiger partial charge in [-0.2, -0.15) is 0 Å². The summed E-state index contributed by atoms with van der Waals surface area (Å²) in [6.07, 6.45) is 4.12. The molecule has 0 saturated carbocycles. The van der Waals surface area contributed by atoms with Gasteiger partial charge in [0.15, 0.2) is 11.6 Å². The van der Waals surface area contributed by atoms with E-state index in [4.69, 9.17) is 4.74 Å². The van der Waals surface area contributed by atoms with Crippen molar-refractivity contribution >= 4 is 17.5 Å². The maximum Gasteiger partial charge on any atom is 0.313 e. The zero-order valence-corrected chi connectivity index (χ0v) is 11.7. The van der Waals surface area contributed by atoms with Crippen molar-refractivity contribution in [2.24, 2.45) is 5.92 Å². The van der Waals surface area contributed by atoms with Crippen LogP contribution in [0.25, 0.3) is 0 Å². The second-order valence-electron chi connectivity index (χ2n) is 4.90. The Kier molecular flexibility index (Phi) is 5.67. The summed E-state index contributed by atoms with van der Waals surface area (Å²) < 4.78 is 4.72. The summed E-state index contributed by atoms with van der Waals surface area (Å²) in [4.78, 5) is 34.3. The fourth-order valence-corrected chi connectivity index (χ4v) is 2.20. The van der Waals surface area contributed by atoms with E-state index < -0.39 is 5.97 Å². The number of carbonyl (C=O) groups is 3. The lowest BCUT2D eigenvalue weighted by Gasteiger charge is -2.20. The minimum Gasteiger partial charge on any atom is -0.466 e. The van der Waals surface area contributed by atoms with E-state index >= 15 is 0 Å². The zero-order valence-electron chi connectivity index (χ0n) is 11.7. The Morgan fingerprint density at radius 2 is 2.11 bits per heavy atom. The van der Waals surface area contributed by atoms with Gasteiger partial charge in [-0.25, -0.2) is 0 Å². The molecule has 0 saturated heterocycles. The molecular formula is C15H20O4. The molecule has 1 atom stereocenters. The van der Waals surface area contributed by atoms with Crippen LogP contribution in [-0.4, -0.2) is 24.1 Å². The first-order valence-corrected chi connectivity index (χ1v) is 6.49. The standard InChI is InChI=1S/C15H20O4/c1-4-19-15(18)9-14(17)7-11(3)12-5-10(2)6-13(16)8-12/h6-7,12H,4-5,8-9H2,1-3H3/b11-7+/t12-/m1/s1. The lowest BCUT2D eigenvalue weighted by Crippen LogP contribution is -2.16. The highest BCUT2D eigenvalue weighted by Crippen LogP contribution is 2.27. The molecular weight excluding hydrogens is 244 g/mol. The summed E-state index contributed by atoms with van der Waals surface area (Å²) in [5.74, 6) is -0.606. The predicted octanol–water partition coefficient (Wildman–Crippen LogP) is 2.38. The predicted molar refractivity (Wildman–Crippen MR) is 71.5 cm³/mol. The molecule has 1 aliphatic rings. The zero-order chi connectivity index (χ0) is 14.4. The third-order valence-electron chi connectivity index (χ3n) is 3.08. The Morgan fingerprint density at radius 3 is 2.68 bits per heavy atom. The van der Waals surface area contributed by atoms with E-state index in [1.165, 1.54) is 6.08 Å². The van der Waals surface area contributed by atoms with E-state index in [1.54, 1.807) is 13.0 Å². The van der Waals surface area contributed by atoms with Gasteiger partial charge in [0.25, 0.3) is 0 Å². The topological polar surface area (TPSA) is 60.4 Å². The van der Waals surface area contributed by atoms with Crippen molar-refractivity contribution in [1.82, 2.24) is 0 Å². The third-order valence-corrected chi connectivity index (χ3v) is 3.08. The van der Waals surface area contributed by atoms with Gasteiger partial charge in [0, 0.05) is 6.42 Å². The van der Waals surface area contributed by atoms with Crippen LogP contribution in [0.3, 0.4) is 0 Å².